The van der Waals surface area contributed by atoms with E-state index in [-0.39, 0.29) is 10.8 Å². The normalized spacial score (nSPS) is 13.9. The topological polar surface area (TPSA) is 8.17 Å². The Morgan fingerprint density at radius 2 is 1.08 bits per heavy atom. The van der Waals surface area contributed by atoms with Crippen LogP contribution in [-0.4, -0.2) is 4.57 Å². The van der Waals surface area contributed by atoms with E-state index in [2.05, 4.69) is 227 Å². The first-order chi connectivity index (χ1) is 30.0. The van der Waals surface area contributed by atoms with Crippen molar-refractivity contribution in [2.45, 2.75) is 90.4 Å². The molecule has 0 saturated heterocycles. The average molecular weight is 807 g/mol. The minimum Gasteiger partial charge on any atom is -0.310 e. The Balaban J connectivity index is 1.16. The summed E-state index contributed by atoms with van der Waals surface area (Å²) in [6.45, 7) is 14.0. The maximum Gasteiger partial charge on any atom is 0.0547 e. The number of nitrogens with zero attached hydrogens (tertiary/aromatic N) is 2. The van der Waals surface area contributed by atoms with Gasteiger partial charge in [0, 0.05) is 33.4 Å². The second-order valence-electron chi connectivity index (χ2n) is 19.7. The molecule has 0 amide bonds. The lowest BCUT2D eigenvalue weighted by atomic mass is 9.80. The lowest BCUT2D eigenvalue weighted by Crippen LogP contribution is -2.19. The average Bonchev–Trinajstić information content (AvgIpc) is 3.63. The summed E-state index contributed by atoms with van der Waals surface area (Å²) in [4.78, 5) is 2.53. The second kappa shape index (κ2) is 15.8. The van der Waals surface area contributed by atoms with E-state index in [4.69, 9.17) is 0 Å². The van der Waals surface area contributed by atoms with Gasteiger partial charge in [0.15, 0.2) is 0 Å². The van der Waals surface area contributed by atoms with Gasteiger partial charge in [-0.1, -0.05) is 182 Å². The van der Waals surface area contributed by atoms with Crippen LogP contribution in [0.25, 0.3) is 60.5 Å². The van der Waals surface area contributed by atoms with Crippen molar-refractivity contribution in [1.29, 1.82) is 0 Å². The van der Waals surface area contributed by atoms with E-state index < -0.39 is 0 Å². The highest BCUT2D eigenvalue weighted by molar-refractivity contribution is 6.10. The third-order valence-electron chi connectivity index (χ3n) is 13.5. The molecule has 2 nitrogen and oxygen atoms in total. The van der Waals surface area contributed by atoms with Crippen molar-refractivity contribution in [1.82, 2.24) is 4.57 Å². The Morgan fingerprint density at radius 1 is 0.468 bits per heavy atom. The molecule has 0 unspecified atom stereocenters. The Morgan fingerprint density at radius 3 is 1.81 bits per heavy atom. The van der Waals surface area contributed by atoms with Gasteiger partial charge in [0.05, 0.1) is 16.7 Å². The molecule has 9 aromatic rings. The fourth-order valence-corrected chi connectivity index (χ4v) is 10.1. The first kappa shape index (κ1) is 39.7. The lowest BCUT2D eigenvalue weighted by Gasteiger charge is -2.32. The number of rotatable bonds is 7. The van der Waals surface area contributed by atoms with Crippen LogP contribution in [0.1, 0.15) is 96.3 Å². The molecule has 0 N–H and O–H groups in total. The van der Waals surface area contributed by atoms with Gasteiger partial charge in [-0.05, 0) is 128 Å². The molecule has 1 aliphatic carbocycles. The smallest absolute Gasteiger partial charge is 0.0547 e. The van der Waals surface area contributed by atoms with E-state index in [0.29, 0.717) is 5.92 Å². The highest BCUT2D eigenvalue weighted by Crippen LogP contribution is 2.47. The van der Waals surface area contributed by atoms with E-state index in [1.807, 2.05) is 0 Å². The van der Waals surface area contributed by atoms with Crippen LogP contribution in [0.2, 0.25) is 0 Å². The molecule has 62 heavy (non-hydrogen) atoms. The van der Waals surface area contributed by atoms with Gasteiger partial charge in [-0.2, -0.15) is 0 Å². The van der Waals surface area contributed by atoms with Crippen LogP contribution in [0.3, 0.4) is 0 Å². The summed E-state index contributed by atoms with van der Waals surface area (Å²) in [5.74, 6) is 0.593. The number of hydrogen-bond donors (Lipinski definition) is 0. The number of aromatic nitrogens is 1. The maximum atomic E-state index is 2.53. The van der Waals surface area contributed by atoms with E-state index in [9.17, 15) is 0 Å². The molecular weight excluding hydrogens is 749 g/mol. The first-order valence-corrected chi connectivity index (χ1v) is 22.8. The van der Waals surface area contributed by atoms with E-state index >= 15 is 0 Å². The zero-order valence-electron chi connectivity index (χ0n) is 37.3. The molecule has 0 bridgehead atoms. The molecule has 0 radical (unpaired) electrons. The van der Waals surface area contributed by atoms with Gasteiger partial charge >= 0.3 is 0 Å². The molecule has 0 aliphatic heterocycles. The molecule has 1 heterocycles. The van der Waals surface area contributed by atoms with Crippen molar-refractivity contribution in [2.24, 2.45) is 0 Å². The highest BCUT2D eigenvalue weighted by Gasteiger charge is 2.26. The summed E-state index contributed by atoms with van der Waals surface area (Å²) in [5.41, 5.74) is 16.2. The van der Waals surface area contributed by atoms with Crippen LogP contribution in [0.4, 0.5) is 17.1 Å². The number of para-hydroxylation sites is 3. The standard InChI is InChI=1S/C60H58N2/c1-59(2,3)45-38-46(60(4,5)6)40-49(39-45)61(55-29-15-14-26-52(55)54-28-18-22-43-21-17-27-50(58(43)54)42-19-9-7-10-20-42)48-34-31-41(32-35-48)44-33-36-53-51-25-13-16-30-56(51)62(57(53)37-44)47-23-11-8-12-24-47/h8,11-18,21-40,42H,7,9-10,19-20H2,1-6H3. The summed E-state index contributed by atoms with van der Waals surface area (Å²) in [6.07, 6.45) is 6.51. The third kappa shape index (κ3) is 7.30. The third-order valence-corrected chi connectivity index (χ3v) is 13.5. The van der Waals surface area contributed by atoms with Crippen molar-refractivity contribution >= 4 is 49.6 Å². The summed E-state index contributed by atoms with van der Waals surface area (Å²) >= 11 is 0. The molecule has 2 heteroatoms. The van der Waals surface area contributed by atoms with Gasteiger partial charge in [0.2, 0.25) is 0 Å². The van der Waals surface area contributed by atoms with E-state index in [0.717, 1.165) is 5.69 Å². The molecule has 1 saturated carbocycles. The zero-order chi connectivity index (χ0) is 42.6. The summed E-state index contributed by atoms with van der Waals surface area (Å²) in [7, 11) is 0. The van der Waals surface area contributed by atoms with Crippen molar-refractivity contribution < 1.29 is 0 Å². The predicted octanol–water partition coefficient (Wildman–Crippen LogP) is 17.4. The van der Waals surface area contributed by atoms with Gasteiger partial charge in [0.25, 0.3) is 0 Å². The first-order valence-electron chi connectivity index (χ1n) is 22.8. The van der Waals surface area contributed by atoms with Crippen molar-refractivity contribution in [2.75, 3.05) is 4.90 Å². The van der Waals surface area contributed by atoms with Crippen LogP contribution in [-0.2, 0) is 10.8 Å². The second-order valence-corrected chi connectivity index (χ2v) is 19.7. The zero-order valence-corrected chi connectivity index (χ0v) is 37.3. The number of benzene rings is 8. The molecule has 8 aromatic carbocycles. The van der Waals surface area contributed by atoms with Crippen molar-refractivity contribution in [3.8, 4) is 27.9 Å². The van der Waals surface area contributed by atoms with Crippen molar-refractivity contribution in [3.05, 3.63) is 193 Å². The van der Waals surface area contributed by atoms with E-state index in [1.165, 1.54) is 121 Å². The fourth-order valence-electron chi connectivity index (χ4n) is 10.1. The monoisotopic (exact) mass is 806 g/mol. The molecule has 1 aliphatic rings. The summed E-state index contributed by atoms with van der Waals surface area (Å²) in [6, 6.07) is 66.1. The Hall–Kier alpha value is -6.38. The molecule has 1 fully saturated rings. The van der Waals surface area contributed by atoms with Crippen LogP contribution < -0.4 is 4.90 Å². The summed E-state index contributed by atoms with van der Waals surface area (Å²) in [5, 5.41) is 5.27. The quantitative estimate of drug-likeness (QED) is 0.156. The molecule has 1 aromatic heterocycles. The molecule has 0 atom stereocenters. The molecule has 0 spiro atoms. The maximum absolute atomic E-state index is 2.53. The SMILES string of the molecule is CC(C)(C)c1cc(N(c2ccc(-c3ccc4c5ccccc5n(-c5ccccc5)c4c3)cc2)c2ccccc2-c2cccc3cccc(C4CCCCC4)c23)cc(C(C)(C)C)c1. The van der Waals surface area contributed by atoms with Gasteiger partial charge < -0.3 is 9.47 Å². The minimum atomic E-state index is -0.0313. The van der Waals surface area contributed by atoms with Gasteiger partial charge in [-0.15, -0.1) is 0 Å². The molecule has 10 rings (SSSR count). The van der Waals surface area contributed by atoms with Gasteiger partial charge in [-0.25, -0.2) is 0 Å². The van der Waals surface area contributed by atoms with Crippen LogP contribution >= 0.6 is 0 Å². The predicted molar refractivity (Wildman–Crippen MR) is 267 cm³/mol. The van der Waals surface area contributed by atoms with Crippen molar-refractivity contribution in [3.63, 3.8) is 0 Å². The minimum absolute atomic E-state index is 0.0313. The Bertz CT molecular complexity index is 3020. The molecular formula is C60H58N2. The fraction of sp³-hybridized carbons (Fsp3) is 0.233. The van der Waals surface area contributed by atoms with Gasteiger partial charge in [-0.3, -0.25) is 0 Å². The Labute approximate surface area is 368 Å². The lowest BCUT2D eigenvalue weighted by molar-refractivity contribution is 0.445. The van der Waals surface area contributed by atoms with Crippen LogP contribution in [0.15, 0.2) is 176 Å². The van der Waals surface area contributed by atoms with Crippen LogP contribution in [0.5, 0.6) is 0 Å². The van der Waals surface area contributed by atoms with E-state index in [1.54, 1.807) is 0 Å². The van der Waals surface area contributed by atoms with Crippen LogP contribution in [0, 0.1) is 0 Å². The number of fused-ring (bicyclic) bond motifs is 4. The van der Waals surface area contributed by atoms with Gasteiger partial charge in [0.1, 0.15) is 0 Å². The number of anilines is 3. The number of hydrogen-bond acceptors (Lipinski definition) is 1. The molecule has 308 valence electrons. The Kier molecular flexibility index (Phi) is 10.1. The highest BCUT2D eigenvalue weighted by atomic mass is 15.1. The largest absolute Gasteiger partial charge is 0.310 e. The summed E-state index contributed by atoms with van der Waals surface area (Å²) < 4.78 is 2.41.